The van der Waals surface area contributed by atoms with Crippen molar-refractivity contribution >= 4 is 16.8 Å². The number of benzene rings is 1. The van der Waals surface area contributed by atoms with E-state index < -0.39 is 24.0 Å². The quantitative estimate of drug-likeness (QED) is 0.898. The van der Waals surface area contributed by atoms with Gasteiger partial charge in [0, 0.05) is 12.1 Å². The van der Waals surface area contributed by atoms with E-state index in [9.17, 15) is 13.9 Å². The summed E-state index contributed by atoms with van der Waals surface area (Å²) in [7, 11) is 0. The third-order valence-electron chi connectivity index (χ3n) is 3.11. The summed E-state index contributed by atoms with van der Waals surface area (Å²) in [6.45, 7) is 2.43. The van der Waals surface area contributed by atoms with E-state index in [1.54, 1.807) is 6.92 Å². The van der Waals surface area contributed by atoms with Crippen molar-refractivity contribution in [1.82, 2.24) is 5.16 Å². The second kappa shape index (κ2) is 5.55. The van der Waals surface area contributed by atoms with Crippen LogP contribution in [0.3, 0.4) is 0 Å². The Labute approximate surface area is 118 Å². The van der Waals surface area contributed by atoms with E-state index in [4.69, 9.17) is 14.0 Å². The Balaban J connectivity index is 2.04. The fraction of sp³-hybridized carbons (Fsp3) is 0.462. The summed E-state index contributed by atoms with van der Waals surface area (Å²) >= 11 is 0. The second-order valence-electron chi connectivity index (χ2n) is 4.81. The number of anilines is 1. The average Bonchev–Trinajstić information content (AvgIpc) is 3.09. The van der Waals surface area contributed by atoms with Crippen molar-refractivity contribution < 1.29 is 27.9 Å². The van der Waals surface area contributed by atoms with Crippen LogP contribution in [0.1, 0.15) is 18.8 Å². The maximum atomic E-state index is 14.0. The minimum atomic E-state index is -1.14. The molecule has 0 bridgehead atoms. The molecule has 2 heterocycles. The molecule has 1 aliphatic rings. The van der Waals surface area contributed by atoms with Gasteiger partial charge in [-0.15, -0.1) is 0 Å². The molecule has 0 unspecified atom stereocenters. The minimum absolute atomic E-state index is 0.0409. The van der Waals surface area contributed by atoms with Crippen LogP contribution in [0.15, 0.2) is 10.6 Å². The van der Waals surface area contributed by atoms with Crippen molar-refractivity contribution in [2.24, 2.45) is 0 Å². The first-order chi connectivity index (χ1) is 10.1. The Hall–Kier alpha value is -1.77. The molecule has 1 atom stereocenters. The largest absolute Gasteiger partial charge is 0.392 e. The van der Waals surface area contributed by atoms with Gasteiger partial charge in [-0.3, -0.25) is 0 Å². The summed E-state index contributed by atoms with van der Waals surface area (Å²) in [5.74, 6) is -1.99. The first-order valence-electron chi connectivity index (χ1n) is 6.50. The molecular weight excluding hydrogens is 286 g/mol. The summed E-state index contributed by atoms with van der Waals surface area (Å²) in [6.07, 6.45) is -1.56. The Kier molecular flexibility index (Phi) is 3.75. The van der Waals surface area contributed by atoms with Crippen LogP contribution in [-0.2, 0) is 9.47 Å². The number of aliphatic hydroxyl groups is 1. The SMILES string of the molecule is C[C@H](O)CNc1noc2c(F)c(F)c(C3OCCO3)cc12. The lowest BCUT2D eigenvalue weighted by atomic mass is 10.1. The number of aromatic nitrogens is 1. The summed E-state index contributed by atoms with van der Waals surface area (Å²) in [4.78, 5) is 0. The third-order valence-corrected chi connectivity index (χ3v) is 3.11. The van der Waals surface area contributed by atoms with Gasteiger partial charge in [-0.05, 0) is 13.0 Å². The average molecular weight is 300 g/mol. The molecule has 8 heteroatoms. The summed E-state index contributed by atoms with van der Waals surface area (Å²) in [5, 5.41) is 16.0. The lowest BCUT2D eigenvalue weighted by molar-refractivity contribution is -0.0467. The van der Waals surface area contributed by atoms with Crippen LogP contribution in [-0.4, -0.2) is 36.1 Å². The molecule has 0 saturated carbocycles. The van der Waals surface area contributed by atoms with Crippen LogP contribution in [0.25, 0.3) is 11.0 Å². The number of hydrogen-bond acceptors (Lipinski definition) is 6. The number of aliphatic hydroxyl groups excluding tert-OH is 1. The van der Waals surface area contributed by atoms with Gasteiger partial charge in [0.15, 0.2) is 17.9 Å². The van der Waals surface area contributed by atoms with Crippen LogP contribution in [0, 0.1) is 11.6 Å². The number of nitrogens with zero attached hydrogens (tertiary/aromatic N) is 1. The maximum Gasteiger partial charge on any atom is 0.207 e. The summed E-state index contributed by atoms with van der Waals surface area (Å²) < 4.78 is 43.3. The van der Waals surface area contributed by atoms with Crippen LogP contribution in [0.5, 0.6) is 0 Å². The minimum Gasteiger partial charge on any atom is -0.392 e. The maximum absolute atomic E-state index is 14.0. The van der Waals surface area contributed by atoms with Gasteiger partial charge in [-0.25, -0.2) is 4.39 Å². The Bertz CT molecular complexity index is 653. The summed E-state index contributed by atoms with van der Waals surface area (Å²) in [6, 6.07) is 1.38. The van der Waals surface area contributed by atoms with Crippen molar-refractivity contribution in [1.29, 1.82) is 0 Å². The normalized spacial score (nSPS) is 17.5. The number of fused-ring (bicyclic) bond motifs is 1. The summed E-state index contributed by atoms with van der Waals surface area (Å²) in [5.41, 5.74) is -0.330. The van der Waals surface area contributed by atoms with Gasteiger partial charge in [0.05, 0.1) is 24.7 Å². The van der Waals surface area contributed by atoms with Crippen molar-refractivity contribution in [2.45, 2.75) is 19.3 Å². The lowest BCUT2D eigenvalue weighted by Gasteiger charge is -2.11. The van der Waals surface area contributed by atoms with E-state index in [1.807, 2.05) is 0 Å². The molecule has 0 aliphatic carbocycles. The highest BCUT2D eigenvalue weighted by molar-refractivity contribution is 5.89. The standard InChI is InChI=1S/C13H14F2N2O4/c1-6(18)5-16-12-8-4-7(13-19-2-3-20-13)9(14)10(15)11(8)21-17-12/h4,6,13,18H,2-3,5H2,1H3,(H,16,17)/t6-/m0/s1. The smallest absolute Gasteiger partial charge is 0.207 e. The van der Waals surface area contributed by atoms with Gasteiger partial charge < -0.3 is 24.4 Å². The van der Waals surface area contributed by atoms with Crippen LogP contribution in [0.2, 0.25) is 0 Å². The van der Waals surface area contributed by atoms with Crippen molar-refractivity contribution in [3.8, 4) is 0 Å². The van der Waals surface area contributed by atoms with Gasteiger partial charge in [0.25, 0.3) is 0 Å². The molecule has 1 fully saturated rings. The van der Waals surface area contributed by atoms with Crippen LogP contribution < -0.4 is 5.32 Å². The van der Waals surface area contributed by atoms with E-state index in [-0.39, 0.29) is 28.9 Å². The van der Waals surface area contributed by atoms with E-state index >= 15 is 0 Å². The van der Waals surface area contributed by atoms with Crippen molar-refractivity contribution in [3.05, 3.63) is 23.3 Å². The topological polar surface area (TPSA) is 76.8 Å². The molecule has 114 valence electrons. The number of nitrogens with one attached hydrogen (secondary N) is 1. The van der Waals surface area contributed by atoms with E-state index in [0.29, 0.717) is 13.2 Å². The lowest BCUT2D eigenvalue weighted by Crippen LogP contribution is -2.15. The second-order valence-corrected chi connectivity index (χ2v) is 4.81. The van der Waals surface area contributed by atoms with Gasteiger partial charge in [-0.2, -0.15) is 4.39 Å². The highest BCUT2D eigenvalue weighted by Crippen LogP contribution is 2.34. The van der Waals surface area contributed by atoms with E-state index in [1.165, 1.54) is 6.07 Å². The van der Waals surface area contributed by atoms with Crippen molar-refractivity contribution in [2.75, 3.05) is 25.1 Å². The van der Waals surface area contributed by atoms with Crippen molar-refractivity contribution in [3.63, 3.8) is 0 Å². The number of ether oxygens (including phenoxy) is 2. The molecule has 1 aliphatic heterocycles. The van der Waals surface area contributed by atoms with E-state index in [0.717, 1.165) is 0 Å². The van der Waals surface area contributed by atoms with E-state index in [2.05, 4.69) is 10.5 Å². The fourth-order valence-electron chi connectivity index (χ4n) is 2.12. The zero-order chi connectivity index (χ0) is 15.0. The molecule has 0 spiro atoms. The van der Waals surface area contributed by atoms with Gasteiger partial charge in [0.1, 0.15) is 0 Å². The predicted molar refractivity (Wildman–Crippen MR) is 68.7 cm³/mol. The monoisotopic (exact) mass is 300 g/mol. The first kappa shape index (κ1) is 14.2. The Morgan fingerprint density at radius 3 is 2.76 bits per heavy atom. The molecule has 0 amide bonds. The highest BCUT2D eigenvalue weighted by Gasteiger charge is 2.28. The number of rotatable bonds is 4. The molecule has 0 radical (unpaired) electrons. The molecule has 1 aromatic heterocycles. The van der Waals surface area contributed by atoms with Crippen LogP contribution >= 0.6 is 0 Å². The zero-order valence-corrected chi connectivity index (χ0v) is 11.2. The molecule has 3 rings (SSSR count). The highest BCUT2D eigenvalue weighted by atomic mass is 19.2. The van der Waals surface area contributed by atoms with Crippen LogP contribution in [0.4, 0.5) is 14.6 Å². The molecule has 2 aromatic rings. The molecule has 1 aromatic carbocycles. The predicted octanol–water partition coefficient (Wildman–Crippen LogP) is 1.94. The Morgan fingerprint density at radius 2 is 2.10 bits per heavy atom. The molecule has 21 heavy (non-hydrogen) atoms. The first-order valence-corrected chi connectivity index (χ1v) is 6.50. The molecule has 6 nitrogen and oxygen atoms in total. The molecule has 2 N–H and O–H groups in total. The molecular formula is C13H14F2N2O4. The van der Waals surface area contributed by atoms with Gasteiger partial charge >= 0.3 is 0 Å². The zero-order valence-electron chi connectivity index (χ0n) is 11.2. The number of halogens is 2. The van der Waals surface area contributed by atoms with Gasteiger partial charge in [-0.1, -0.05) is 5.16 Å². The third kappa shape index (κ3) is 2.57. The van der Waals surface area contributed by atoms with Gasteiger partial charge in [0.2, 0.25) is 11.4 Å². The fourth-order valence-corrected chi connectivity index (χ4v) is 2.12. The molecule has 1 saturated heterocycles. The number of hydrogen-bond donors (Lipinski definition) is 2. The Morgan fingerprint density at radius 1 is 1.38 bits per heavy atom.